The predicted octanol–water partition coefficient (Wildman–Crippen LogP) is 2.64. The number of nitro benzene ring substituents is 1. The highest BCUT2D eigenvalue weighted by molar-refractivity contribution is 6.26. The first-order valence-corrected chi connectivity index (χ1v) is 11.1. The lowest BCUT2D eigenvalue weighted by atomic mass is 9.75. The number of carbonyl (C=O) groups is 3. The molecule has 33 heavy (non-hydrogen) atoms. The van der Waals surface area contributed by atoms with Gasteiger partial charge in [-0.3, -0.25) is 29.4 Å². The monoisotopic (exact) mass is 446 g/mol. The molecule has 6 rings (SSSR count). The van der Waals surface area contributed by atoms with E-state index in [0.717, 1.165) is 34.4 Å². The van der Waals surface area contributed by atoms with Crippen molar-refractivity contribution in [3.63, 3.8) is 0 Å². The SMILES string of the molecule is Cc1cc(C)c2c(c1)[C@]1(C(=O)N2)[C@@H]2C(=O)N(c3cccc([N+](=O)[O-])c3)C(=O)[C@@H]2[C@@H]2CCCN21. The van der Waals surface area contributed by atoms with Gasteiger partial charge in [0.05, 0.1) is 22.4 Å². The first-order chi connectivity index (χ1) is 15.8. The van der Waals surface area contributed by atoms with E-state index in [1.54, 1.807) is 0 Å². The summed E-state index contributed by atoms with van der Waals surface area (Å²) in [5.74, 6) is -2.67. The third-order valence-electron chi connectivity index (χ3n) is 7.74. The quantitative estimate of drug-likeness (QED) is 0.431. The highest BCUT2D eigenvalue weighted by Crippen LogP contribution is 2.61. The van der Waals surface area contributed by atoms with Crippen LogP contribution in [0.1, 0.15) is 29.5 Å². The number of non-ortho nitro benzene ring substituents is 1. The van der Waals surface area contributed by atoms with Crippen LogP contribution in [0, 0.1) is 35.8 Å². The van der Waals surface area contributed by atoms with Crippen molar-refractivity contribution in [3.05, 3.63) is 63.2 Å². The second kappa shape index (κ2) is 6.48. The van der Waals surface area contributed by atoms with E-state index in [1.807, 2.05) is 26.0 Å². The molecule has 9 heteroatoms. The Bertz CT molecular complexity index is 1290. The van der Waals surface area contributed by atoms with Crippen molar-refractivity contribution in [2.45, 2.75) is 38.3 Å². The van der Waals surface area contributed by atoms with Crippen LogP contribution in [0.3, 0.4) is 0 Å². The van der Waals surface area contributed by atoms with Gasteiger partial charge in [-0.15, -0.1) is 0 Å². The Morgan fingerprint density at radius 2 is 1.91 bits per heavy atom. The van der Waals surface area contributed by atoms with Crippen LogP contribution in [0.25, 0.3) is 0 Å². The number of hydrogen-bond acceptors (Lipinski definition) is 6. The molecule has 2 aromatic rings. The molecule has 4 aliphatic heterocycles. The number of aryl methyl sites for hydroxylation is 2. The van der Waals surface area contributed by atoms with Gasteiger partial charge in [0.25, 0.3) is 5.69 Å². The minimum Gasteiger partial charge on any atom is -0.324 e. The van der Waals surface area contributed by atoms with Crippen molar-refractivity contribution in [1.82, 2.24) is 4.90 Å². The molecule has 0 bridgehead atoms. The van der Waals surface area contributed by atoms with Crippen LogP contribution in [0.5, 0.6) is 0 Å². The number of fused-ring (bicyclic) bond motifs is 7. The molecule has 0 aromatic heterocycles. The van der Waals surface area contributed by atoms with E-state index < -0.39 is 28.2 Å². The number of nitrogens with zero attached hydrogens (tertiary/aromatic N) is 3. The standard InChI is InChI=1S/C24H22N4O5/c1-12-9-13(2)20-16(10-12)24(23(31)25-20)19-18(17-7-4-8-26(17)24)21(29)27(22(19)30)14-5-3-6-15(11-14)28(32)33/h3,5-6,9-11,17-19H,4,7-8H2,1-2H3,(H,25,31)/t17-,18+,19-,24+/m0/s1. The molecule has 3 fully saturated rings. The number of amides is 3. The molecule has 0 radical (unpaired) electrons. The van der Waals surface area contributed by atoms with Crippen LogP contribution in [0.15, 0.2) is 36.4 Å². The van der Waals surface area contributed by atoms with Gasteiger partial charge in [-0.1, -0.05) is 23.8 Å². The molecule has 0 unspecified atom stereocenters. The largest absolute Gasteiger partial charge is 0.324 e. The fraction of sp³-hybridized carbons (Fsp3) is 0.375. The topological polar surface area (TPSA) is 113 Å². The van der Waals surface area contributed by atoms with Gasteiger partial charge in [0.2, 0.25) is 17.7 Å². The zero-order chi connectivity index (χ0) is 23.2. The Morgan fingerprint density at radius 3 is 2.67 bits per heavy atom. The molecule has 168 valence electrons. The summed E-state index contributed by atoms with van der Waals surface area (Å²) in [7, 11) is 0. The zero-order valence-corrected chi connectivity index (χ0v) is 18.2. The summed E-state index contributed by atoms with van der Waals surface area (Å²) in [4.78, 5) is 55.2. The maximum atomic E-state index is 13.9. The summed E-state index contributed by atoms with van der Waals surface area (Å²) >= 11 is 0. The Morgan fingerprint density at radius 1 is 1.12 bits per heavy atom. The number of rotatable bonds is 2. The zero-order valence-electron chi connectivity index (χ0n) is 18.2. The van der Waals surface area contributed by atoms with Crippen molar-refractivity contribution in [2.24, 2.45) is 11.8 Å². The predicted molar refractivity (Wildman–Crippen MR) is 119 cm³/mol. The van der Waals surface area contributed by atoms with Gasteiger partial charge >= 0.3 is 0 Å². The normalized spacial score (nSPS) is 30.1. The van der Waals surface area contributed by atoms with E-state index in [-0.39, 0.29) is 29.2 Å². The molecule has 4 heterocycles. The molecular formula is C24H22N4O5. The number of imide groups is 1. The molecule has 4 atom stereocenters. The summed E-state index contributed by atoms with van der Waals surface area (Å²) in [5, 5.41) is 14.3. The third-order valence-corrected chi connectivity index (χ3v) is 7.74. The van der Waals surface area contributed by atoms with Crippen LogP contribution in [0.2, 0.25) is 0 Å². The molecule has 2 aromatic carbocycles. The number of hydrogen-bond donors (Lipinski definition) is 1. The van der Waals surface area contributed by atoms with Crippen LogP contribution in [-0.2, 0) is 19.9 Å². The fourth-order valence-electron chi connectivity index (χ4n) is 6.66. The van der Waals surface area contributed by atoms with E-state index in [9.17, 15) is 24.5 Å². The third kappa shape index (κ3) is 2.32. The summed E-state index contributed by atoms with van der Waals surface area (Å²) in [5.41, 5.74) is 2.10. The summed E-state index contributed by atoms with van der Waals surface area (Å²) in [6.45, 7) is 4.51. The van der Waals surface area contributed by atoms with Gasteiger partial charge in [-0.2, -0.15) is 0 Å². The van der Waals surface area contributed by atoms with E-state index in [4.69, 9.17) is 0 Å². The first-order valence-electron chi connectivity index (χ1n) is 11.1. The Hall–Kier alpha value is -3.59. The van der Waals surface area contributed by atoms with Crippen LogP contribution >= 0.6 is 0 Å². The van der Waals surface area contributed by atoms with Crippen molar-refractivity contribution in [1.29, 1.82) is 0 Å². The van der Waals surface area contributed by atoms with Gasteiger partial charge in [0, 0.05) is 29.4 Å². The molecular weight excluding hydrogens is 424 g/mol. The number of nitro groups is 1. The van der Waals surface area contributed by atoms with Crippen molar-refractivity contribution >= 4 is 34.8 Å². The van der Waals surface area contributed by atoms with Gasteiger partial charge in [0.1, 0.15) is 5.54 Å². The van der Waals surface area contributed by atoms with E-state index in [1.165, 1.54) is 24.3 Å². The summed E-state index contributed by atoms with van der Waals surface area (Å²) < 4.78 is 0. The van der Waals surface area contributed by atoms with E-state index in [0.29, 0.717) is 12.2 Å². The molecule has 3 saturated heterocycles. The minimum absolute atomic E-state index is 0.173. The van der Waals surface area contributed by atoms with E-state index in [2.05, 4.69) is 10.2 Å². The van der Waals surface area contributed by atoms with Crippen molar-refractivity contribution in [2.75, 3.05) is 16.8 Å². The lowest BCUT2D eigenvalue weighted by Crippen LogP contribution is -2.54. The number of nitrogens with one attached hydrogen (secondary N) is 1. The average Bonchev–Trinajstić information content (AvgIpc) is 3.47. The molecule has 0 aliphatic carbocycles. The molecule has 4 aliphatic rings. The molecule has 1 spiro atoms. The summed E-state index contributed by atoms with van der Waals surface area (Å²) in [6.07, 6.45) is 1.56. The fourth-order valence-corrected chi connectivity index (χ4v) is 6.66. The highest BCUT2D eigenvalue weighted by atomic mass is 16.6. The van der Waals surface area contributed by atoms with Crippen LogP contribution in [-0.4, -0.2) is 40.1 Å². The number of benzene rings is 2. The lowest BCUT2D eigenvalue weighted by molar-refractivity contribution is -0.384. The second-order valence-corrected chi connectivity index (χ2v) is 9.42. The maximum absolute atomic E-state index is 13.9. The van der Waals surface area contributed by atoms with Gasteiger partial charge in [0.15, 0.2) is 0 Å². The Labute approximate surface area is 189 Å². The molecule has 1 N–H and O–H groups in total. The van der Waals surface area contributed by atoms with Crippen molar-refractivity contribution in [3.8, 4) is 0 Å². The van der Waals surface area contributed by atoms with Gasteiger partial charge in [-0.25, -0.2) is 4.90 Å². The minimum atomic E-state index is -1.25. The van der Waals surface area contributed by atoms with Gasteiger partial charge < -0.3 is 5.32 Å². The molecule has 0 saturated carbocycles. The van der Waals surface area contributed by atoms with E-state index >= 15 is 0 Å². The second-order valence-electron chi connectivity index (χ2n) is 9.42. The maximum Gasteiger partial charge on any atom is 0.271 e. The Kier molecular flexibility index (Phi) is 3.93. The summed E-state index contributed by atoms with van der Waals surface area (Å²) in [6, 6.07) is 9.26. The molecule has 3 amide bonds. The van der Waals surface area contributed by atoms with Crippen LogP contribution < -0.4 is 10.2 Å². The average molecular weight is 446 g/mol. The first kappa shape index (κ1) is 20.0. The van der Waals surface area contributed by atoms with Crippen LogP contribution in [0.4, 0.5) is 17.1 Å². The Balaban J connectivity index is 1.55. The highest BCUT2D eigenvalue weighted by Gasteiger charge is 2.74. The van der Waals surface area contributed by atoms with Crippen molar-refractivity contribution < 1.29 is 19.3 Å². The van der Waals surface area contributed by atoms with Gasteiger partial charge in [-0.05, 0) is 44.9 Å². The molecule has 9 nitrogen and oxygen atoms in total. The smallest absolute Gasteiger partial charge is 0.271 e. The number of anilines is 2. The number of carbonyl (C=O) groups excluding carboxylic acids is 3. The lowest BCUT2D eigenvalue weighted by Gasteiger charge is -2.36.